The summed E-state index contributed by atoms with van der Waals surface area (Å²) < 4.78 is 28.9. The van der Waals surface area contributed by atoms with Gasteiger partial charge in [0.15, 0.2) is 0 Å². The van der Waals surface area contributed by atoms with Crippen LogP contribution in [0.15, 0.2) is 16.7 Å². The lowest BCUT2D eigenvalue weighted by Crippen LogP contribution is -2.34. The Morgan fingerprint density at radius 1 is 1.42 bits per heavy atom. The number of nitrogens with one attached hydrogen (secondary N) is 1. The quantitative estimate of drug-likeness (QED) is 0.923. The zero-order valence-electron chi connectivity index (χ0n) is 11.8. The average molecular weight is 285 g/mol. The molecular weight excluding hydrogens is 262 g/mol. The van der Waals surface area contributed by atoms with E-state index in [1.54, 1.807) is 6.26 Å². The first-order valence-corrected chi connectivity index (χ1v) is 8.78. The fraction of sp³-hybridized carbons (Fsp3) is 0.714. The average Bonchev–Trinajstić information content (AvgIpc) is 2.76. The van der Waals surface area contributed by atoms with Gasteiger partial charge in [0.05, 0.1) is 11.5 Å². The highest BCUT2D eigenvalue weighted by molar-refractivity contribution is 7.91. The Hall–Kier alpha value is -0.810. The Kier molecular flexibility index (Phi) is 4.36. The van der Waals surface area contributed by atoms with Gasteiger partial charge < -0.3 is 9.73 Å². The Balaban J connectivity index is 2.15. The minimum absolute atomic E-state index is 0.182. The number of sulfone groups is 1. The third-order valence-corrected chi connectivity index (χ3v) is 5.80. The van der Waals surface area contributed by atoms with E-state index in [1.165, 1.54) is 6.26 Å². The normalized spacial score (nSPS) is 26.3. The summed E-state index contributed by atoms with van der Waals surface area (Å²) in [6, 6.07) is 2.22. The Morgan fingerprint density at radius 2 is 2.16 bits per heavy atom. The van der Waals surface area contributed by atoms with Crippen LogP contribution >= 0.6 is 0 Å². The molecule has 4 nitrogen and oxygen atoms in total. The lowest BCUT2D eigenvalue weighted by atomic mass is 9.81. The molecule has 1 fully saturated rings. The molecule has 0 spiro atoms. The van der Waals surface area contributed by atoms with Crippen LogP contribution < -0.4 is 5.32 Å². The molecule has 5 heteroatoms. The summed E-state index contributed by atoms with van der Waals surface area (Å²) >= 11 is 0. The van der Waals surface area contributed by atoms with Crippen LogP contribution in [0.1, 0.15) is 43.0 Å². The van der Waals surface area contributed by atoms with Crippen LogP contribution in [-0.2, 0) is 9.84 Å². The molecule has 1 heterocycles. The lowest BCUT2D eigenvalue weighted by Gasteiger charge is -2.33. The topological polar surface area (TPSA) is 59.3 Å². The maximum atomic E-state index is 11.7. The molecule has 1 aliphatic carbocycles. The van der Waals surface area contributed by atoms with Gasteiger partial charge >= 0.3 is 0 Å². The van der Waals surface area contributed by atoms with Gasteiger partial charge in [-0.1, -0.05) is 6.42 Å². The zero-order valence-corrected chi connectivity index (χ0v) is 12.7. The minimum Gasteiger partial charge on any atom is -0.469 e. The summed E-state index contributed by atoms with van der Waals surface area (Å²) in [5, 5.41) is 3.13. The third kappa shape index (κ3) is 3.39. The van der Waals surface area contributed by atoms with Crippen molar-refractivity contribution in [1.29, 1.82) is 0 Å². The van der Waals surface area contributed by atoms with Crippen molar-refractivity contribution in [2.24, 2.45) is 5.92 Å². The number of rotatable bonds is 4. The van der Waals surface area contributed by atoms with Gasteiger partial charge in [-0.05, 0) is 45.2 Å². The number of hydrogen-bond acceptors (Lipinski definition) is 4. The largest absolute Gasteiger partial charge is 0.469 e. The van der Waals surface area contributed by atoms with Crippen LogP contribution in [0.4, 0.5) is 0 Å². The second-order valence-corrected chi connectivity index (χ2v) is 7.96. The van der Waals surface area contributed by atoms with Gasteiger partial charge in [-0.25, -0.2) is 8.42 Å². The van der Waals surface area contributed by atoms with Gasteiger partial charge in [-0.3, -0.25) is 0 Å². The summed E-state index contributed by atoms with van der Waals surface area (Å²) in [5.74, 6) is 1.25. The van der Waals surface area contributed by atoms with Gasteiger partial charge in [0.25, 0.3) is 0 Å². The van der Waals surface area contributed by atoms with E-state index < -0.39 is 9.84 Å². The molecule has 1 aromatic rings. The van der Waals surface area contributed by atoms with Crippen molar-refractivity contribution in [2.75, 3.05) is 13.3 Å². The fourth-order valence-corrected chi connectivity index (χ4v) is 4.37. The fourth-order valence-electron chi connectivity index (χ4n) is 3.17. The van der Waals surface area contributed by atoms with Crippen LogP contribution in [0.25, 0.3) is 0 Å². The van der Waals surface area contributed by atoms with Crippen LogP contribution in [0.5, 0.6) is 0 Å². The van der Waals surface area contributed by atoms with E-state index in [1.807, 2.05) is 20.0 Å². The van der Waals surface area contributed by atoms with E-state index in [0.717, 1.165) is 37.0 Å². The first-order chi connectivity index (χ1) is 8.91. The maximum Gasteiger partial charge on any atom is 0.150 e. The predicted molar refractivity (Wildman–Crippen MR) is 75.8 cm³/mol. The van der Waals surface area contributed by atoms with E-state index in [0.29, 0.717) is 5.92 Å². The van der Waals surface area contributed by atoms with Crippen molar-refractivity contribution in [3.05, 3.63) is 23.7 Å². The predicted octanol–water partition coefficient (Wildman–Crippen LogP) is 2.45. The Labute approximate surface area is 115 Å². The first kappa shape index (κ1) is 14.6. The Bertz CT molecular complexity index is 521. The second kappa shape index (κ2) is 5.67. The number of hydrogen-bond donors (Lipinski definition) is 1. The molecule has 0 aromatic carbocycles. The molecule has 0 saturated heterocycles. The molecular formula is C14H23NO3S. The third-order valence-electron chi connectivity index (χ3n) is 4.16. The SMILES string of the molecule is CNC(c1coc(C)c1)C1CCCC(S(C)(=O)=O)C1. The molecule has 3 atom stereocenters. The summed E-state index contributed by atoms with van der Waals surface area (Å²) in [6.45, 7) is 1.93. The highest BCUT2D eigenvalue weighted by Gasteiger charge is 2.33. The maximum absolute atomic E-state index is 11.7. The van der Waals surface area contributed by atoms with E-state index in [-0.39, 0.29) is 11.3 Å². The first-order valence-electron chi connectivity index (χ1n) is 6.83. The standard InChI is InChI=1S/C14H23NO3S/c1-10-7-12(9-18-10)14(15-2)11-5-4-6-13(8-11)19(3,16)17/h7,9,11,13-15H,4-6,8H2,1-3H3. The van der Waals surface area contributed by atoms with Crippen molar-refractivity contribution >= 4 is 9.84 Å². The van der Waals surface area contributed by atoms with Crippen LogP contribution in [0.2, 0.25) is 0 Å². The molecule has 1 N–H and O–H groups in total. The highest BCUT2D eigenvalue weighted by atomic mass is 32.2. The summed E-state index contributed by atoms with van der Waals surface area (Å²) in [7, 11) is -1.00. The smallest absolute Gasteiger partial charge is 0.150 e. The van der Waals surface area contributed by atoms with Gasteiger partial charge in [0.1, 0.15) is 15.6 Å². The molecule has 0 bridgehead atoms. The second-order valence-electron chi connectivity index (χ2n) is 5.64. The van der Waals surface area contributed by atoms with Crippen molar-refractivity contribution in [3.63, 3.8) is 0 Å². The Morgan fingerprint density at radius 3 is 2.68 bits per heavy atom. The van der Waals surface area contributed by atoms with E-state index >= 15 is 0 Å². The molecule has 108 valence electrons. The molecule has 0 amide bonds. The molecule has 1 aromatic heterocycles. The van der Waals surface area contributed by atoms with E-state index in [4.69, 9.17) is 4.42 Å². The molecule has 0 aliphatic heterocycles. The van der Waals surface area contributed by atoms with Crippen molar-refractivity contribution < 1.29 is 12.8 Å². The van der Waals surface area contributed by atoms with Crippen LogP contribution in [0.3, 0.4) is 0 Å². The van der Waals surface area contributed by atoms with Crippen molar-refractivity contribution in [2.45, 2.75) is 43.9 Å². The van der Waals surface area contributed by atoms with Crippen LogP contribution in [0, 0.1) is 12.8 Å². The van der Waals surface area contributed by atoms with Gasteiger partial charge in [0.2, 0.25) is 0 Å². The van der Waals surface area contributed by atoms with Gasteiger partial charge in [0, 0.05) is 17.9 Å². The lowest BCUT2D eigenvalue weighted by molar-refractivity contribution is 0.281. The molecule has 2 rings (SSSR count). The molecule has 1 aliphatic rings. The summed E-state index contributed by atoms with van der Waals surface area (Å²) in [4.78, 5) is 0. The van der Waals surface area contributed by atoms with Gasteiger partial charge in [-0.15, -0.1) is 0 Å². The summed E-state index contributed by atoms with van der Waals surface area (Å²) in [6.07, 6.45) is 6.74. The van der Waals surface area contributed by atoms with Crippen molar-refractivity contribution in [1.82, 2.24) is 5.32 Å². The van der Waals surface area contributed by atoms with E-state index in [2.05, 4.69) is 5.32 Å². The zero-order chi connectivity index (χ0) is 14.0. The van der Waals surface area contributed by atoms with Gasteiger partial charge in [-0.2, -0.15) is 0 Å². The van der Waals surface area contributed by atoms with Crippen LogP contribution in [-0.4, -0.2) is 27.0 Å². The monoisotopic (exact) mass is 285 g/mol. The molecule has 0 radical (unpaired) electrons. The van der Waals surface area contributed by atoms with E-state index in [9.17, 15) is 8.42 Å². The summed E-state index contributed by atoms with van der Waals surface area (Å²) in [5.41, 5.74) is 1.12. The molecule has 1 saturated carbocycles. The molecule has 3 unspecified atom stereocenters. The van der Waals surface area contributed by atoms with Crippen molar-refractivity contribution in [3.8, 4) is 0 Å². The highest BCUT2D eigenvalue weighted by Crippen LogP contribution is 2.37. The number of aryl methyl sites for hydroxylation is 1. The molecule has 19 heavy (non-hydrogen) atoms. The number of furan rings is 1. The minimum atomic E-state index is -2.93.